The van der Waals surface area contributed by atoms with Crippen molar-refractivity contribution in [2.45, 2.75) is 313 Å². The normalized spacial score (nSPS) is 25.1. The average molecular weight is 1040 g/mol. The first kappa shape index (κ1) is 67.6. The van der Waals surface area contributed by atoms with E-state index in [0.717, 1.165) is 57.8 Å². The van der Waals surface area contributed by atoms with Crippen molar-refractivity contribution in [1.82, 2.24) is 0 Å². The number of carbonyl (C=O) groups is 1. The van der Waals surface area contributed by atoms with Gasteiger partial charge in [-0.1, -0.05) is 199 Å². The second-order valence-electron chi connectivity index (χ2n) is 21.2. The minimum atomic E-state index is -1.71. The van der Waals surface area contributed by atoms with Gasteiger partial charge < -0.3 is 64.2 Å². The Bertz CT molecular complexity index is 1300. The maximum absolute atomic E-state index is 13.0. The zero-order chi connectivity index (χ0) is 53.0. The molecule has 0 aromatic heterocycles. The number of hydrogen-bond acceptors (Lipinski definition) is 14. The fourth-order valence-corrected chi connectivity index (χ4v) is 9.57. The Labute approximate surface area is 443 Å². The molecule has 0 saturated carbocycles. The van der Waals surface area contributed by atoms with Crippen LogP contribution in [0.15, 0.2) is 24.3 Å². The van der Waals surface area contributed by atoms with Crippen LogP contribution in [0.5, 0.6) is 0 Å². The first-order valence-electron chi connectivity index (χ1n) is 29.9. The van der Waals surface area contributed by atoms with E-state index in [1.165, 1.54) is 161 Å². The van der Waals surface area contributed by atoms with E-state index >= 15 is 0 Å². The van der Waals surface area contributed by atoms with E-state index in [-0.39, 0.29) is 25.6 Å². The second kappa shape index (κ2) is 46.6. The fourth-order valence-electron chi connectivity index (χ4n) is 9.57. The molecule has 430 valence electrons. The van der Waals surface area contributed by atoms with Gasteiger partial charge in [-0.05, 0) is 64.2 Å². The van der Waals surface area contributed by atoms with Crippen LogP contribution in [0.1, 0.15) is 245 Å². The molecule has 0 aliphatic carbocycles. The van der Waals surface area contributed by atoms with Crippen LogP contribution in [0, 0.1) is 0 Å². The number of carbonyl (C=O) groups excluding carboxylic acids is 1. The molecule has 14 nitrogen and oxygen atoms in total. The third-order valence-corrected chi connectivity index (χ3v) is 14.4. The van der Waals surface area contributed by atoms with Crippen LogP contribution < -0.4 is 0 Å². The molecule has 14 heteroatoms. The van der Waals surface area contributed by atoms with E-state index in [9.17, 15) is 40.5 Å². The Kier molecular flexibility index (Phi) is 43.1. The van der Waals surface area contributed by atoms with Crippen LogP contribution in [0.4, 0.5) is 0 Å². The van der Waals surface area contributed by atoms with Crippen LogP contribution in [0.3, 0.4) is 0 Å². The predicted molar refractivity (Wildman–Crippen MR) is 289 cm³/mol. The largest absolute Gasteiger partial charge is 0.457 e. The Morgan fingerprint density at radius 2 is 0.808 bits per heavy atom. The molecule has 2 heterocycles. The average Bonchev–Trinajstić information content (AvgIpc) is 3.39. The molecule has 0 spiro atoms. The molecule has 2 aliphatic rings. The fraction of sp³-hybridized carbons (Fsp3) is 0.915. The maximum Gasteiger partial charge on any atom is 0.306 e. The van der Waals surface area contributed by atoms with E-state index in [1.807, 2.05) is 0 Å². The monoisotopic (exact) mass is 1040 g/mol. The zero-order valence-corrected chi connectivity index (χ0v) is 46.1. The molecule has 7 N–H and O–H groups in total. The van der Waals surface area contributed by atoms with Crippen LogP contribution in [-0.4, -0.2) is 142 Å². The highest BCUT2D eigenvalue weighted by Gasteiger charge is 2.47. The number of rotatable bonds is 49. The number of esters is 1. The molecular formula is C59H110O14. The quantitative estimate of drug-likeness (QED) is 0.0172. The van der Waals surface area contributed by atoms with Crippen molar-refractivity contribution in [3.8, 4) is 0 Å². The van der Waals surface area contributed by atoms with Gasteiger partial charge in [-0.15, -0.1) is 0 Å². The number of allylic oxidation sites excluding steroid dienone is 4. The second-order valence-corrected chi connectivity index (χ2v) is 21.2. The van der Waals surface area contributed by atoms with Gasteiger partial charge in [0.15, 0.2) is 12.6 Å². The minimum absolute atomic E-state index is 0.0618. The van der Waals surface area contributed by atoms with Crippen LogP contribution in [0.2, 0.25) is 0 Å². The molecule has 11 atom stereocenters. The van der Waals surface area contributed by atoms with Gasteiger partial charge in [0.1, 0.15) is 54.9 Å². The summed E-state index contributed by atoms with van der Waals surface area (Å²) in [5.74, 6) is -0.382. The molecule has 11 unspecified atom stereocenters. The topological polar surface area (TPSA) is 214 Å². The number of ether oxygens (including phenoxy) is 6. The van der Waals surface area contributed by atoms with Crippen LogP contribution >= 0.6 is 0 Å². The standard InChI is InChI=1S/C59H110O14/c1-3-5-7-9-11-13-15-17-18-19-20-21-22-23-24-25-26-27-28-29-31-33-35-37-39-41-43-68-45-48(71-51(61)42-40-38-36-34-32-30-16-14-12-10-8-6-4-2)46-69-58-57(67)55(65)53(63)50(73-58)47-70-59-56(66)54(64)52(62)49(44-60)72-59/h14,16,19-20,48-50,52-60,62-67H,3-13,15,17-18,21-47H2,1-2H3/b16-14-,20-19-. The third kappa shape index (κ3) is 33.4. The summed E-state index contributed by atoms with van der Waals surface area (Å²) in [4.78, 5) is 13.0. The van der Waals surface area contributed by atoms with Gasteiger partial charge in [0, 0.05) is 13.0 Å². The summed E-state index contributed by atoms with van der Waals surface area (Å²) in [5, 5.41) is 72.3. The predicted octanol–water partition coefficient (Wildman–Crippen LogP) is 10.8. The van der Waals surface area contributed by atoms with Gasteiger partial charge in [0.25, 0.3) is 0 Å². The molecule has 0 aromatic carbocycles. The van der Waals surface area contributed by atoms with Crippen molar-refractivity contribution in [3.05, 3.63) is 24.3 Å². The highest BCUT2D eigenvalue weighted by atomic mass is 16.7. The highest BCUT2D eigenvalue weighted by molar-refractivity contribution is 5.69. The Morgan fingerprint density at radius 1 is 0.438 bits per heavy atom. The molecule has 0 radical (unpaired) electrons. The summed E-state index contributed by atoms with van der Waals surface area (Å²) in [5.41, 5.74) is 0. The summed E-state index contributed by atoms with van der Waals surface area (Å²) in [6.07, 6.45) is 36.8. The number of hydrogen-bond donors (Lipinski definition) is 7. The Morgan fingerprint density at radius 3 is 1.26 bits per heavy atom. The van der Waals surface area contributed by atoms with E-state index in [0.29, 0.717) is 13.0 Å². The SMILES string of the molecule is CCCCCC/C=C\CCCCCCCC(=O)OC(COCCCCCCCCCCCCCCCC/C=C\CCCCCCCCCC)COC1OC(COC2OC(CO)C(O)C(O)C2O)C(O)C(O)C1O. The molecular weight excluding hydrogens is 933 g/mol. The first-order chi connectivity index (χ1) is 35.6. The Hall–Kier alpha value is -1.53. The number of aliphatic hydroxyl groups excluding tert-OH is 7. The summed E-state index contributed by atoms with van der Waals surface area (Å²) < 4.78 is 34.4. The summed E-state index contributed by atoms with van der Waals surface area (Å²) in [7, 11) is 0. The van der Waals surface area contributed by atoms with Crippen molar-refractivity contribution in [1.29, 1.82) is 0 Å². The van der Waals surface area contributed by atoms with Crippen molar-refractivity contribution >= 4 is 5.97 Å². The number of aliphatic hydroxyl groups is 7. The van der Waals surface area contributed by atoms with Gasteiger partial charge in [-0.3, -0.25) is 4.79 Å². The Balaban J connectivity index is 1.65. The van der Waals surface area contributed by atoms with Crippen molar-refractivity contribution in [2.75, 3.05) is 33.0 Å². The van der Waals surface area contributed by atoms with E-state index in [1.54, 1.807) is 0 Å². The van der Waals surface area contributed by atoms with E-state index in [2.05, 4.69) is 38.2 Å². The number of unbranched alkanes of at least 4 members (excludes halogenated alkanes) is 31. The summed E-state index contributed by atoms with van der Waals surface area (Å²) in [6.45, 7) is 3.70. The van der Waals surface area contributed by atoms with Crippen LogP contribution in [0.25, 0.3) is 0 Å². The summed E-state index contributed by atoms with van der Waals surface area (Å²) >= 11 is 0. The van der Waals surface area contributed by atoms with Gasteiger partial charge in [-0.2, -0.15) is 0 Å². The highest BCUT2D eigenvalue weighted by Crippen LogP contribution is 2.27. The minimum Gasteiger partial charge on any atom is -0.457 e. The molecule has 2 saturated heterocycles. The first-order valence-corrected chi connectivity index (χ1v) is 29.9. The smallest absolute Gasteiger partial charge is 0.306 e. The molecule has 2 rings (SSSR count). The van der Waals surface area contributed by atoms with Gasteiger partial charge in [0.2, 0.25) is 0 Å². The third-order valence-electron chi connectivity index (χ3n) is 14.4. The molecule has 2 fully saturated rings. The van der Waals surface area contributed by atoms with Crippen molar-refractivity contribution in [3.63, 3.8) is 0 Å². The van der Waals surface area contributed by atoms with E-state index in [4.69, 9.17) is 28.4 Å². The molecule has 73 heavy (non-hydrogen) atoms. The molecule has 0 aromatic rings. The lowest BCUT2D eigenvalue weighted by Gasteiger charge is -2.42. The van der Waals surface area contributed by atoms with Gasteiger partial charge >= 0.3 is 5.97 Å². The van der Waals surface area contributed by atoms with Crippen molar-refractivity contribution in [2.24, 2.45) is 0 Å². The molecule has 0 bridgehead atoms. The lowest BCUT2D eigenvalue weighted by atomic mass is 9.98. The lowest BCUT2D eigenvalue weighted by molar-refractivity contribution is -0.332. The lowest BCUT2D eigenvalue weighted by Crippen LogP contribution is -2.61. The van der Waals surface area contributed by atoms with E-state index < -0.39 is 80.7 Å². The summed E-state index contributed by atoms with van der Waals surface area (Å²) in [6, 6.07) is 0. The molecule has 2 aliphatic heterocycles. The zero-order valence-electron chi connectivity index (χ0n) is 46.1. The van der Waals surface area contributed by atoms with Gasteiger partial charge in [0.05, 0.1) is 26.4 Å². The maximum atomic E-state index is 13.0. The molecule has 0 amide bonds. The van der Waals surface area contributed by atoms with Crippen molar-refractivity contribution < 1.29 is 69.0 Å². The van der Waals surface area contributed by atoms with Crippen LogP contribution in [-0.2, 0) is 33.2 Å². The van der Waals surface area contributed by atoms with Gasteiger partial charge in [-0.25, -0.2) is 0 Å².